The number of imidazole rings is 1. The van der Waals surface area contributed by atoms with E-state index in [4.69, 9.17) is 4.74 Å². The van der Waals surface area contributed by atoms with Gasteiger partial charge in [0, 0.05) is 38.4 Å². The van der Waals surface area contributed by atoms with Crippen molar-refractivity contribution in [1.29, 1.82) is 0 Å². The number of methoxy groups -OCH3 is 1. The molecule has 1 aliphatic rings. The van der Waals surface area contributed by atoms with Gasteiger partial charge in [-0.15, -0.1) is 0 Å². The van der Waals surface area contributed by atoms with Gasteiger partial charge in [0.05, 0.1) is 43.5 Å². The number of H-pyrrole nitrogens is 1. The Balaban J connectivity index is 1.85. The summed E-state index contributed by atoms with van der Waals surface area (Å²) < 4.78 is 6.76. The number of rotatable bonds is 4. The van der Waals surface area contributed by atoms with Crippen molar-refractivity contribution in [2.24, 2.45) is 7.05 Å². The molecular weight excluding hydrogens is 270 g/mol. The van der Waals surface area contributed by atoms with E-state index in [1.54, 1.807) is 18.1 Å². The Morgan fingerprint density at radius 2 is 2.43 bits per heavy atom. The van der Waals surface area contributed by atoms with E-state index in [1.165, 1.54) is 0 Å². The molecule has 0 fully saturated rings. The molecular formula is C14H19N5O2. The van der Waals surface area contributed by atoms with E-state index < -0.39 is 0 Å². The summed E-state index contributed by atoms with van der Waals surface area (Å²) in [5, 5.41) is 4.22. The fourth-order valence-corrected chi connectivity index (χ4v) is 2.74. The molecule has 0 aromatic carbocycles. The highest BCUT2D eigenvalue weighted by Crippen LogP contribution is 2.31. The molecule has 2 aromatic heterocycles. The number of amides is 1. The number of aromatic nitrogens is 4. The number of hydrogen-bond acceptors (Lipinski definition) is 4. The van der Waals surface area contributed by atoms with Crippen LogP contribution >= 0.6 is 0 Å². The normalized spacial score (nSPS) is 17.8. The van der Waals surface area contributed by atoms with Gasteiger partial charge in [-0.1, -0.05) is 0 Å². The van der Waals surface area contributed by atoms with E-state index in [9.17, 15) is 4.79 Å². The molecule has 7 nitrogen and oxygen atoms in total. The first-order chi connectivity index (χ1) is 10.2. The molecule has 112 valence electrons. The van der Waals surface area contributed by atoms with Crippen LogP contribution in [-0.2, 0) is 23.1 Å². The molecule has 0 radical (unpaired) electrons. The number of aryl methyl sites for hydroxylation is 1. The molecule has 0 saturated carbocycles. The van der Waals surface area contributed by atoms with Crippen LogP contribution in [0.1, 0.15) is 29.3 Å². The SMILES string of the molecule is COCCC(=O)N1Cc2[nH]cnc2C(c2cnn(C)c2)C1. The maximum atomic E-state index is 12.3. The lowest BCUT2D eigenvalue weighted by Gasteiger charge is -2.31. The second kappa shape index (κ2) is 5.69. The highest BCUT2D eigenvalue weighted by Gasteiger charge is 2.31. The van der Waals surface area contributed by atoms with Crippen LogP contribution < -0.4 is 0 Å². The minimum atomic E-state index is 0.0696. The molecule has 1 atom stereocenters. The van der Waals surface area contributed by atoms with Gasteiger partial charge in [0.2, 0.25) is 5.91 Å². The Hall–Kier alpha value is -2.15. The number of carbonyl (C=O) groups is 1. The van der Waals surface area contributed by atoms with E-state index in [1.807, 2.05) is 24.3 Å². The molecule has 1 amide bonds. The highest BCUT2D eigenvalue weighted by molar-refractivity contribution is 5.76. The van der Waals surface area contributed by atoms with Gasteiger partial charge in [-0.25, -0.2) is 4.98 Å². The Morgan fingerprint density at radius 3 is 3.14 bits per heavy atom. The van der Waals surface area contributed by atoms with E-state index >= 15 is 0 Å². The molecule has 2 aromatic rings. The first-order valence-corrected chi connectivity index (χ1v) is 6.96. The summed E-state index contributed by atoms with van der Waals surface area (Å²) in [6.07, 6.45) is 5.91. The number of ether oxygens (including phenoxy) is 1. The monoisotopic (exact) mass is 289 g/mol. The predicted molar refractivity (Wildman–Crippen MR) is 75.5 cm³/mol. The lowest BCUT2D eigenvalue weighted by Crippen LogP contribution is -2.39. The van der Waals surface area contributed by atoms with Crippen molar-refractivity contribution < 1.29 is 9.53 Å². The zero-order valence-corrected chi connectivity index (χ0v) is 12.2. The minimum Gasteiger partial charge on any atom is -0.384 e. The summed E-state index contributed by atoms with van der Waals surface area (Å²) in [5.41, 5.74) is 3.09. The molecule has 1 N–H and O–H groups in total. The maximum Gasteiger partial charge on any atom is 0.225 e. The van der Waals surface area contributed by atoms with E-state index in [0.717, 1.165) is 17.0 Å². The third-order valence-electron chi connectivity index (χ3n) is 3.83. The first-order valence-electron chi connectivity index (χ1n) is 6.96. The Bertz CT molecular complexity index is 633. The Kier molecular flexibility index (Phi) is 3.74. The Labute approximate surface area is 122 Å². The van der Waals surface area contributed by atoms with Crippen molar-refractivity contribution in [3.8, 4) is 0 Å². The lowest BCUT2D eigenvalue weighted by molar-refractivity contribution is -0.133. The molecule has 7 heteroatoms. The summed E-state index contributed by atoms with van der Waals surface area (Å²) >= 11 is 0. The van der Waals surface area contributed by atoms with Crippen LogP contribution in [0.2, 0.25) is 0 Å². The van der Waals surface area contributed by atoms with Crippen molar-refractivity contribution in [3.63, 3.8) is 0 Å². The summed E-state index contributed by atoms with van der Waals surface area (Å²) in [7, 11) is 3.49. The van der Waals surface area contributed by atoms with Crippen LogP contribution in [-0.4, -0.2) is 50.8 Å². The van der Waals surface area contributed by atoms with Crippen molar-refractivity contribution in [1.82, 2.24) is 24.6 Å². The third-order valence-corrected chi connectivity index (χ3v) is 3.83. The minimum absolute atomic E-state index is 0.0696. The van der Waals surface area contributed by atoms with Gasteiger partial charge in [-0.05, 0) is 0 Å². The number of carbonyl (C=O) groups excluding carboxylic acids is 1. The quantitative estimate of drug-likeness (QED) is 0.897. The topological polar surface area (TPSA) is 76.0 Å². The summed E-state index contributed by atoms with van der Waals surface area (Å²) in [6.45, 7) is 1.66. The van der Waals surface area contributed by atoms with Gasteiger partial charge in [0.15, 0.2) is 0 Å². The molecule has 21 heavy (non-hydrogen) atoms. The molecule has 1 aliphatic heterocycles. The van der Waals surface area contributed by atoms with E-state index in [-0.39, 0.29) is 11.8 Å². The number of aromatic amines is 1. The van der Waals surface area contributed by atoms with Crippen LogP contribution in [0.4, 0.5) is 0 Å². The number of nitrogens with zero attached hydrogens (tertiary/aromatic N) is 4. The lowest BCUT2D eigenvalue weighted by atomic mass is 9.93. The predicted octanol–water partition coefficient (Wildman–Crippen LogP) is 0.654. The summed E-state index contributed by atoms with van der Waals surface area (Å²) in [4.78, 5) is 21.7. The fraction of sp³-hybridized carbons (Fsp3) is 0.500. The van der Waals surface area contributed by atoms with Crippen molar-refractivity contribution in [2.45, 2.75) is 18.9 Å². The van der Waals surface area contributed by atoms with Crippen LogP contribution in [0.25, 0.3) is 0 Å². The molecule has 0 aliphatic carbocycles. The van der Waals surface area contributed by atoms with Gasteiger partial charge in [0.25, 0.3) is 0 Å². The summed E-state index contributed by atoms with van der Waals surface area (Å²) in [6, 6.07) is 0. The van der Waals surface area contributed by atoms with Gasteiger partial charge in [-0.2, -0.15) is 5.10 Å². The molecule has 3 heterocycles. The zero-order valence-electron chi connectivity index (χ0n) is 12.2. The molecule has 0 saturated heterocycles. The van der Waals surface area contributed by atoms with Crippen LogP contribution in [0, 0.1) is 0 Å². The maximum absolute atomic E-state index is 12.3. The van der Waals surface area contributed by atoms with Gasteiger partial charge >= 0.3 is 0 Å². The third kappa shape index (κ3) is 2.69. The molecule has 1 unspecified atom stereocenters. The highest BCUT2D eigenvalue weighted by atomic mass is 16.5. The molecule has 0 spiro atoms. The number of nitrogens with one attached hydrogen (secondary N) is 1. The van der Waals surface area contributed by atoms with Crippen molar-refractivity contribution in [2.75, 3.05) is 20.3 Å². The fourth-order valence-electron chi connectivity index (χ4n) is 2.74. The zero-order chi connectivity index (χ0) is 14.8. The average molecular weight is 289 g/mol. The summed E-state index contributed by atoms with van der Waals surface area (Å²) in [5.74, 6) is 0.172. The van der Waals surface area contributed by atoms with Gasteiger partial charge < -0.3 is 14.6 Å². The molecule has 3 rings (SSSR count). The largest absolute Gasteiger partial charge is 0.384 e. The van der Waals surface area contributed by atoms with Crippen molar-refractivity contribution >= 4 is 5.91 Å². The van der Waals surface area contributed by atoms with E-state index in [0.29, 0.717) is 26.1 Å². The number of fused-ring (bicyclic) bond motifs is 1. The van der Waals surface area contributed by atoms with Crippen LogP contribution in [0.15, 0.2) is 18.7 Å². The first kappa shape index (κ1) is 13.8. The van der Waals surface area contributed by atoms with Gasteiger partial charge in [0.1, 0.15) is 0 Å². The van der Waals surface area contributed by atoms with Crippen molar-refractivity contribution in [3.05, 3.63) is 35.7 Å². The number of hydrogen-bond donors (Lipinski definition) is 1. The van der Waals surface area contributed by atoms with Crippen LogP contribution in [0.5, 0.6) is 0 Å². The Morgan fingerprint density at radius 1 is 1.57 bits per heavy atom. The molecule has 0 bridgehead atoms. The van der Waals surface area contributed by atoms with Crippen LogP contribution in [0.3, 0.4) is 0 Å². The second-order valence-electron chi connectivity index (χ2n) is 5.28. The smallest absolute Gasteiger partial charge is 0.225 e. The van der Waals surface area contributed by atoms with E-state index in [2.05, 4.69) is 15.1 Å². The average Bonchev–Trinajstić information content (AvgIpc) is 3.12. The standard InChI is InChI=1S/C14H19N5O2/c1-18-6-10(5-17-18)11-7-19(13(20)3-4-21-2)8-12-14(11)16-9-15-12/h5-6,9,11H,3-4,7-8H2,1-2H3,(H,15,16). The second-order valence-corrected chi connectivity index (χ2v) is 5.28. The van der Waals surface area contributed by atoms with Gasteiger partial charge in [-0.3, -0.25) is 9.48 Å².